The molecule has 1 aliphatic rings. The van der Waals surface area contributed by atoms with E-state index in [1.807, 2.05) is 12.1 Å². The van der Waals surface area contributed by atoms with Crippen molar-refractivity contribution in [3.8, 4) is 0 Å². The van der Waals surface area contributed by atoms with Crippen LogP contribution in [0.2, 0.25) is 0 Å². The molecule has 1 atom stereocenters. The first-order valence-electron chi connectivity index (χ1n) is 8.29. The molecule has 0 aliphatic carbocycles. The summed E-state index contributed by atoms with van der Waals surface area (Å²) in [5.74, 6) is -0.727. The van der Waals surface area contributed by atoms with Crippen molar-refractivity contribution < 1.29 is 14.3 Å². The number of hydrogen-bond acceptors (Lipinski definition) is 2. The van der Waals surface area contributed by atoms with Gasteiger partial charge in [0.05, 0.1) is 5.92 Å². The van der Waals surface area contributed by atoms with Crippen LogP contribution in [-0.4, -0.2) is 29.1 Å². The van der Waals surface area contributed by atoms with Gasteiger partial charge in [-0.2, -0.15) is 0 Å². The molecule has 1 saturated heterocycles. The van der Waals surface area contributed by atoms with E-state index >= 15 is 0 Å². The molecule has 0 bridgehead atoms. The van der Waals surface area contributed by atoms with Gasteiger partial charge in [-0.3, -0.25) is 9.69 Å². The van der Waals surface area contributed by atoms with Crippen LogP contribution in [0.3, 0.4) is 0 Å². The number of halogens is 3. The molecule has 3 nitrogen and oxygen atoms in total. The fourth-order valence-corrected chi connectivity index (χ4v) is 3.35. The Morgan fingerprint density at radius 3 is 2.33 bits per heavy atom. The summed E-state index contributed by atoms with van der Waals surface area (Å²) in [5.41, 5.74) is 1.11. The van der Waals surface area contributed by atoms with Crippen LogP contribution < -0.4 is 0 Å². The molecule has 1 aliphatic heterocycles. The van der Waals surface area contributed by atoms with E-state index in [0.29, 0.717) is 5.92 Å². The van der Waals surface area contributed by atoms with E-state index < -0.39 is 5.97 Å². The lowest BCUT2D eigenvalue weighted by atomic mass is 9.81. The zero-order chi connectivity index (χ0) is 15.9. The van der Waals surface area contributed by atoms with Crippen molar-refractivity contribution in [2.75, 3.05) is 13.1 Å². The Bertz CT molecular complexity index is 476. The number of piperidine rings is 1. The summed E-state index contributed by atoms with van der Waals surface area (Å²) < 4.78 is 12.9. The molecule has 1 N–H and O–H groups in total. The summed E-state index contributed by atoms with van der Waals surface area (Å²) in [6.45, 7) is 4.78. The van der Waals surface area contributed by atoms with Crippen LogP contribution in [0.25, 0.3) is 0 Å². The largest absolute Gasteiger partial charge is 0.481 e. The number of benzene rings is 1. The number of hydrogen-bond donors (Lipinski definition) is 1. The van der Waals surface area contributed by atoms with Gasteiger partial charge in [-0.25, -0.2) is 4.39 Å². The summed E-state index contributed by atoms with van der Waals surface area (Å²) in [5, 5.41) is 9.43. The van der Waals surface area contributed by atoms with Gasteiger partial charge in [0.1, 0.15) is 5.82 Å². The molecule has 0 spiro atoms. The van der Waals surface area contributed by atoms with Crippen molar-refractivity contribution in [3.05, 3.63) is 35.6 Å². The van der Waals surface area contributed by atoms with E-state index in [9.17, 15) is 14.3 Å². The molecule has 0 saturated carbocycles. The second-order valence-electron chi connectivity index (χ2n) is 6.33. The van der Waals surface area contributed by atoms with Gasteiger partial charge < -0.3 is 5.11 Å². The van der Waals surface area contributed by atoms with Gasteiger partial charge in [0, 0.05) is 6.54 Å². The maximum absolute atomic E-state index is 12.9. The minimum absolute atomic E-state index is 0. The standard InChI is InChI=1S/C18H26FNO2.2ClH/c1-2-3-4-17(18(21)22)15-9-11-20(12-10-15)13-14-5-7-16(19)8-6-14;;/h5-8,15,17H,2-4,9-13H2,1H3,(H,21,22);2*1H. The average molecular weight is 380 g/mol. The van der Waals surface area contributed by atoms with E-state index in [-0.39, 0.29) is 36.5 Å². The molecule has 0 amide bonds. The highest BCUT2D eigenvalue weighted by atomic mass is 35.5. The molecule has 1 heterocycles. The molecule has 0 radical (unpaired) electrons. The quantitative estimate of drug-likeness (QED) is 0.741. The third-order valence-corrected chi connectivity index (χ3v) is 4.71. The van der Waals surface area contributed by atoms with E-state index in [1.165, 1.54) is 12.1 Å². The summed E-state index contributed by atoms with van der Waals surface area (Å²) >= 11 is 0. The zero-order valence-electron chi connectivity index (χ0n) is 14.1. The van der Waals surface area contributed by atoms with Gasteiger partial charge in [0.15, 0.2) is 0 Å². The third-order valence-electron chi connectivity index (χ3n) is 4.71. The minimum Gasteiger partial charge on any atom is -0.481 e. The van der Waals surface area contributed by atoms with Gasteiger partial charge in [0.2, 0.25) is 0 Å². The van der Waals surface area contributed by atoms with E-state index in [2.05, 4.69) is 11.8 Å². The maximum Gasteiger partial charge on any atom is 0.306 e. The molecule has 24 heavy (non-hydrogen) atoms. The van der Waals surface area contributed by atoms with Crippen LogP contribution in [0, 0.1) is 17.7 Å². The van der Waals surface area contributed by atoms with Crippen LogP contribution in [0.4, 0.5) is 4.39 Å². The number of unbranched alkanes of at least 4 members (excludes halogenated alkanes) is 1. The van der Waals surface area contributed by atoms with Crippen LogP contribution in [0.5, 0.6) is 0 Å². The first-order chi connectivity index (χ1) is 10.6. The number of carboxylic acid groups (broad SMARTS) is 1. The van der Waals surface area contributed by atoms with Crippen molar-refractivity contribution >= 4 is 30.8 Å². The van der Waals surface area contributed by atoms with Crippen LogP contribution in [0.1, 0.15) is 44.6 Å². The number of likely N-dealkylation sites (tertiary alicyclic amines) is 1. The Balaban J connectivity index is 0.00000264. The molecular formula is C18H28Cl2FNO2. The van der Waals surface area contributed by atoms with Crippen molar-refractivity contribution in [2.45, 2.75) is 45.6 Å². The predicted octanol–water partition coefficient (Wildman–Crippen LogP) is 4.77. The van der Waals surface area contributed by atoms with Crippen molar-refractivity contribution in [2.24, 2.45) is 11.8 Å². The fraction of sp³-hybridized carbons (Fsp3) is 0.611. The van der Waals surface area contributed by atoms with Crippen molar-refractivity contribution in [1.29, 1.82) is 0 Å². The number of carboxylic acids is 1. The van der Waals surface area contributed by atoms with Crippen molar-refractivity contribution in [3.63, 3.8) is 0 Å². The summed E-state index contributed by atoms with van der Waals surface area (Å²) in [7, 11) is 0. The second-order valence-corrected chi connectivity index (χ2v) is 6.33. The lowest BCUT2D eigenvalue weighted by Crippen LogP contribution is -2.37. The normalized spacial score (nSPS) is 16.8. The van der Waals surface area contributed by atoms with Crippen LogP contribution in [-0.2, 0) is 11.3 Å². The number of aliphatic carboxylic acids is 1. The monoisotopic (exact) mass is 379 g/mol. The first kappa shape index (κ1) is 23.2. The third kappa shape index (κ3) is 6.96. The molecule has 0 aromatic heterocycles. The average Bonchev–Trinajstić information content (AvgIpc) is 2.51. The van der Waals surface area contributed by atoms with E-state index in [4.69, 9.17) is 0 Å². The molecule has 6 heteroatoms. The maximum atomic E-state index is 12.9. The lowest BCUT2D eigenvalue weighted by Gasteiger charge is -2.34. The Hall–Kier alpha value is -0.840. The Kier molecular flexibility index (Phi) is 11.3. The molecule has 138 valence electrons. The molecule has 1 aromatic rings. The summed E-state index contributed by atoms with van der Waals surface area (Å²) in [4.78, 5) is 13.8. The van der Waals surface area contributed by atoms with E-state index in [1.54, 1.807) is 0 Å². The highest BCUT2D eigenvalue weighted by Crippen LogP contribution is 2.29. The molecule has 2 rings (SSSR count). The smallest absolute Gasteiger partial charge is 0.306 e. The van der Waals surface area contributed by atoms with Gasteiger partial charge >= 0.3 is 5.97 Å². The molecule has 1 aromatic carbocycles. The number of carbonyl (C=O) groups is 1. The molecule has 1 fully saturated rings. The Morgan fingerprint density at radius 1 is 1.25 bits per heavy atom. The summed E-state index contributed by atoms with van der Waals surface area (Å²) in [6, 6.07) is 6.63. The van der Waals surface area contributed by atoms with E-state index in [0.717, 1.165) is 57.3 Å². The number of rotatable bonds is 7. The van der Waals surface area contributed by atoms with Crippen LogP contribution >= 0.6 is 24.8 Å². The molecular weight excluding hydrogens is 352 g/mol. The Morgan fingerprint density at radius 2 is 1.83 bits per heavy atom. The highest BCUT2D eigenvalue weighted by Gasteiger charge is 2.30. The Labute approximate surface area is 156 Å². The van der Waals surface area contributed by atoms with Gasteiger partial charge in [0.25, 0.3) is 0 Å². The SMILES string of the molecule is CCCCC(C(=O)O)C1CCN(Cc2ccc(F)cc2)CC1.Cl.Cl. The topological polar surface area (TPSA) is 40.5 Å². The van der Waals surface area contributed by atoms with Crippen LogP contribution in [0.15, 0.2) is 24.3 Å². The second kappa shape index (κ2) is 11.7. The minimum atomic E-state index is -0.634. The predicted molar refractivity (Wildman–Crippen MR) is 99.5 cm³/mol. The first-order valence-corrected chi connectivity index (χ1v) is 8.29. The van der Waals surface area contributed by atoms with Crippen molar-refractivity contribution in [1.82, 2.24) is 4.90 Å². The lowest BCUT2D eigenvalue weighted by molar-refractivity contribution is -0.144. The van der Waals surface area contributed by atoms with Gasteiger partial charge in [-0.15, -0.1) is 24.8 Å². The zero-order valence-corrected chi connectivity index (χ0v) is 15.8. The van der Waals surface area contributed by atoms with Gasteiger partial charge in [-0.05, 0) is 56.0 Å². The highest BCUT2D eigenvalue weighted by molar-refractivity contribution is 5.85. The number of nitrogens with zero attached hydrogens (tertiary/aromatic N) is 1. The fourth-order valence-electron chi connectivity index (χ4n) is 3.35. The van der Waals surface area contributed by atoms with Gasteiger partial charge in [-0.1, -0.05) is 31.9 Å². The molecule has 1 unspecified atom stereocenters. The summed E-state index contributed by atoms with van der Waals surface area (Å²) in [6.07, 6.45) is 4.73.